The molecule has 0 aliphatic rings. The molecule has 5 heteroatoms. The van der Waals surface area contributed by atoms with Crippen LogP contribution in [0.5, 0.6) is 0 Å². The van der Waals surface area contributed by atoms with Gasteiger partial charge in [-0.25, -0.2) is 4.39 Å². The highest BCUT2D eigenvalue weighted by Gasteiger charge is 2.03. The first kappa shape index (κ1) is 17.7. The number of nitrogens with one attached hydrogen (secondary N) is 2. The molecule has 0 aromatic heterocycles. The van der Waals surface area contributed by atoms with Crippen LogP contribution < -0.4 is 10.6 Å². The van der Waals surface area contributed by atoms with Crippen LogP contribution in [0.1, 0.15) is 29.3 Å². The lowest BCUT2D eigenvalue weighted by atomic mass is 10.1. The van der Waals surface area contributed by atoms with Gasteiger partial charge >= 0.3 is 0 Å². The molecule has 2 aromatic carbocycles. The summed E-state index contributed by atoms with van der Waals surface area (Å²) in [5.41, 5.74) is 2.45. The minimum Gasteiger partial charge on any atom is -0.385 e. The number of anilines is 1. The lowest BCUT2D eigenvalue weighted by molar-refractivity contribution is -0.120. The highest BCUT2D eigenvalue weighted by atomic mass is 19.1. The number of ketones is 1. The van der Waals surface area contributed by atoms with Gasteiger partial charge in [-0.15, -0.1) is 0 Å². The predicted molar refractivity (Wildman–Crippen MR) is 92.7 cm³/mol. The van der Waals surface area contributed by atoms with E-state index in [1.165, 1.54) is 19.1 Å². The Bertz CT molecular complexity index is 699. The van der Waals surface area contributed by atoms with Crippen molar-refractivity contribution in [2.75, 3.05) is 18.4 Å². The molecule has 0 fully saturated rings. The van der Waals surface area contributed by atoms with E-state index in [9.17, 15) is 14.0 Å². The van der Waals surface area contributed by atoms with Gasteiger partial charge < -0.3 is 10.6 Å². The van der Waals surface area contributed by atoms with E-state index in [1.807, 2.05) is 12.1 Å². The minimum atomic E-state index is -0.261. The maximum atomic E-state index is 12.8. The molecule has 0 atom stereocenters. The van der Waals surface area contributed by atoms with Crippen molar-refractivity contribution < 1.29 is 14.0 Å². The number of hydrogen-bond donors (Lipinski definition) is 2. The van der Waals surface area contributed by atoms with E-state index in [0.717, 1.165) is 11.3 Å². The fourth-order valence-corrected chi connectivity index (χ4v) is 2.25. The topological polar surface area (TPSA) is 58.2 Å². The fourth-order valence-electron chi connectivity index (χ4n) is 2.25. The summed E-state index contributed by atoms with van der Waals surface area (Å²) in [5.74, 6) is -0.299. The summed E-state index contributed by atoms with van der Waals surface area (Å²) in [6.45, 7) is 2.53. The average molecular weight is 328 g/mol. The molecule has 0 radical (unpaired) electrons. The number of halogens is 1. The summed E-state index contributed by atoms with van der Waals surface area (Å²) in [6.07, 6.45) is 1.01. The molecule has 126 valence electrons. The first-order valence-electron chi connectivity index (χ1n) is 7.90. The Balaban J connectivity index is 1.67. The normalized spacial score (nSPS) is 10.2. The second kappa shape index (κ2) is 8.82. The maximum Gasteiger partial charge on any atom is 0.221 e. The van der Waals surface area contributed by atoms with Gasteiger partial charge in [0.1, 0.15) is 5.82 Å². The second-order valence-corrected chi connectivity index (χ2v) is 5.54. The van der Waals surface area contributed by atoms with Crippen LogP contribution in [0, 0.1) is 5.82 Å². The molecule has 2 aromatic rings. The van der Waals surface area contributed by atoms with Gasteiger partial charge in [-0.3, -0.25) is 9.59 Å². The molecule has 0 bridgehead atoms. The third-order valence-corrected chi connectivity index (χ3v) is 3.60. The SMILES string of the molecule is CC(=O)c1cccc(NCCC(=O)NCCc2ccc(F)cc2)c1. The van der Waals surface area contributed by atoms with Gasteiger partial charge in [0.05, 0.1) is 0 Å². The monoisotopic (exact) mass is 328 g/mol. The first-order valence-corrected chi connectivity index (χ1v) is 7.90. The van der Waals surface area contributed by atoms with Crippen LogP contribution in [0.2, 0.25) is 0 Å². The molecule has 0 saturated carbocycles. The molecule has 2 N–H and O–H groups in total. The molecule has 2 rings (SSSR count). The van der Waals surface area contributed by atoms with E-state index >= 15 is 0 Å². The Kier molecular flexibility index (Phi) is 6.49. The zero-order chi connectivity index (χ0) is 17.4. The smallest absolute Gasteiger partial charge is 0.221 e. The summed E-state index contributed by atoms with van der Waals surface area (Å²) in [7, 11) is 0. The molecule has 0 saturated heterocycles. The van der Waals surface area contributed by atoms with Crippen LogP contribution in [-0.2, 0) is 11.2 Å². The lowest BCUT2D eigenvalue weighted by Crippen LogP contribution is -2.27. The summed E-state index contributed by atoms with van der Waals surface area (Å²) in [4.78, 5) is 23.1. The maximum absolute atomic E-state index is 12.8. The highest BCUT2D eigenvalue weighted by molar-refractivity contribution is 5.94. The largest absolute Gasteiger partial charge is 0.385 e. The number of Topliss-reactive ketones (excluding diaryl/α,β-unsaturated/α-hetero) is 1. The van der Waals surface area contributed by atoms with Crippen molar-refractivity contribution in [3.63, 3.8) is 0 Å². The molecule has 0 aliphatic heterocycles. The van der Waals surface area contributed by atoms with Crippen molar-refractivity contribution in [2.45, 2.75) is 19.8 Å². The van der Waals surface area contributed by atoms with Crippen LogP contribution >= 0.6 is 0 Å². The van der Waals surface area contributed by atoms with E-state index in [1.54, 1.807) is 24.3 Å². The van der Waals surface area contributed by atoms with Crippen molar-refractivity contribution in [2.24, 2.45) is 0 Å². The Morgan fingerprint density at radius 2 is 1.79 bits per heavy atom. The van der Waals surface area contributed by atoms with Gasteiger partial charge in [0, 0.05) is 30.8 Å². The van der Waals surface area contributed by atoms with E-state index < -0.39 is 0 Å². The molecule has 0 spiro atoms. The minimum absolute atomic E-state index is 0.0113. The number of carbonyl (C=O) groups is 2. The Morgan fingerprint density at radius 3 is 2.50 bits per heavy atom. The van der Waals surface area contributed by atoms with Gasteiger partial charge in [-0.1, -0.05) is 24.3 Å². The van der Waals surface area contributed by atoms with Crippen LogP contribution in [0.25, 0.3) is 0 Å². The van der Waals surface area contributed by atoms with Crippen molar-refractivity contribution in [1.29, 1.82) is 0 Å². The van der Waals surface area contributed by atoms with E-state index in [0.29, 0.717) is 31.5 Å². The van der Waals surface area contributed by atoms with Gasteiger partial charge in [0.25, 0.3) is 0 Å². The van der Waals surface area contributed by atoms with E-state index in [4.69, 9.17) is 0 Å². The van der Waals surface area contributed by atoms with Gasteiger partial charge in [-0.05, 0) is 43.2 Å². The number of hydrogen-bond acceptors (Lipinski definition) is 3. The molecule has 0 heterocycles. The van der Waals surface area contributed by atoms with E-state index in [-0.39, 0.29) is 17.5 Å². The fraction of sp³-hybridized carbons (Fsp3) is 0.263. The Hall–Kier alpha value is -2.69. The van der Waals surface area contributed by atoms with Crippen LogP contribution in [0.15, 0.2) is 48.5 Å². The van der Waals surface area contributed by atoms with Crippen molar-refractivity contribution in [1.82, 2.24) is 5.32 Å². The number of amides is 1. The second-order valence-electron chi connectivity index (χ2n) is 5.54. The summed E-state index contributed by atoms with van der Waals surface area (Å²) in [5, 5.41) is 5.97. The number of benzene rings is 2. The van der Waals surface area contributed by atoms with Gasteiger partial charge in [0.15, 0.2) is 5.78 Å². The molecule has 4 nitrogen and oxygen atoms in total. The standard InChI is InChI=1S/C19H21FN2O2/c1-14(23)16-3-2-4-18(13-16)21-12-10-19(24)22-11-9-15-5-7-17(20)8-6-15/h2-8,13,21H,9-12H2,1H3,(H,22,24). The van der Waals surface area contributed by atoms with Crippen molar-refractivity contribution in [3.05, 3.63) is 65.5 Å². The summed E-state index contributed by atoms with van der Waals surface area (Å²) >= 11 is 0. The molecule has 24 heavy (non-hydrogen) atoms. The van der Waals surface area contributed by atoms with Crippen molar-refractivity contribution in [3.8, 4) is 0 Å². The average Bonchev–Trinajstić information content (AvgIpc) is 2.57. The van der Waals surface area contributed by atoms with Crippen LogP contribution in [0.3, 0.4) is 0 Å². The zero-order valence-electron chi connectivity index (χ0n) is 13.6. The summed E-state index contributed by atoms with van der Waals surface area (Å²) < 4.78 is 12.8. The van der Waals surface area contributed by atoms with Crippen LogP contribution in [-0.4, -0.2) is 24.8 Å². The molecule has 0 unspecified atom stereocenters. The van der Waals surface area contributed by atoms with E-state index in [2.05, 4.69) is 10.6 Å². The van der Waals surface area contributed by atoms with Crippen LogP contribution in [0.4, 0.5) is 10.1 Å². The molecule has 0 aliphatic carbocycles. The zero-order valence-corrected chi connectivity index (χ0v) is 13.6. The molecular weight excluding hydrogens is 307 g/mol. The van der Waals surface area contributed by atoms with Gasteiger partial charge in [0.2, 0.25) is 5.91 Å². The Labute approximate surface area is 141 Å². The third kappa shape index (κ3) is 5.83. The lowest BCUT2D eigenvalue weighted by Gasteiger charge is -2.08. The van der Waals surface area contributed by atoms with Crippen molar-refractivity contribution >= 4 is 17.4 Å². The number of rotatable bonds is 8. The van der Waals surface area contributed by atoms with Gasteiger partial charge in [-0.2, -0.15) is 0 Å². The molecule has 1 amide bonds. The quantitative estimate of drug-likeness (QED) is 0.732. The Morgan fingerprint density at radius 1 is 1.04 bits per heavy atom. The highest BCUT2D eigenvalue weighted by Crippen LogP contribution is 2.11. The third-order valence-electron chi connectivity index (χ3n) is 3.60. The predicted octanol–water partition coefficient (Wildman–Crippen LogP) is 3.19. The number of carbonyl (C=O) groups excluding carboxylic acids is 2. The first-order chi connectivity index (χ1) is 11.5. The summed E-state index contributed by atoms with van der Waals surface area (Å²) in [6, 6.07) is 13.5. The molecular formula is C19H21FN2O2.